The third-order valence-corrected chi connectivity index (χ3v) is 3.20. The summed E-state index contributed by atoms with van der Waals surface area (Å²) in [6.07, 6.45) is 1.35. The summed E-state index contributed by atoms with van der Waals surface area (Å²) in [5.74, 6) is -2.31. The molecule has 6 nitrogen and oxygen atoms in total. The molecule has 6 heteroatoms. The van der Waals surface area contributed by atoms with Gasteiger partial charge in [-0.1, -0.05) is 13.3 Å². The lowest BCUT2D eigenvalue weighted by Gasteiger charge is -2.33. The molecule has 1 fully saturated rings. The molecule has 1 rings (SSSR count). The summed E-state index contributed by atoms with van der Waals surface area (Å²) < 4.78 is 10.3. The number of carbonyl (C=O) groups is 3. The summed E-state index contributed by atoms with van der Waals surface area (Å²) >= 11 is 0. The number of hydrogen-bond donors (Lipinski definition) is 1. The fourth-order valence-corrected chi connectivity index (χ4v) is 2.00. The highest BCUT2D eigenvalue weighted by atomic mass is 16.6. The summed E-state index contributed by atoms with van der Waals surface area (Å²) in [7, 11) is 0. The van der Waals surface area contributed by atoms with Crippen LogP contribution < -0.4 is 0 Å². The molecule has 2 atom stereocenters. The molecule has 0 amide bonds. The number of aliphatic carboxylic acids is 1. The van der Waals surface area contributed by atoms with Gasteiger partial charge in [0.2, 0.25) is 5.60 Å². The van der Waals surface area contributed by atoms with E-state index in [0.717, 1.165) is 0 Å². The highest BCUT2D eigenvalue weighted by Gasteiger charge is 2.47. The zero-order valence-electron chi connectivity index (χ0n) is 11.3. The molecule has 0 saturated carbocycles. The predicted molar refractivity (Wildman–Crippen MR) is 65.4 cm³/mol. The standard InChI is InChI=1S/C13H20O6/c1-3-6-9-13(2,12(16)17)19-11(15)8-5-4-7-10(14)18-9/h9H,3-8H2,1-2H3,(H,16,17). The van der Waals surface area contributed by atoms with Crippen LogP contribution >= 0.6 is 0 Å². The zero-order chi connectivity index (χ0) is 14.5. The van der Waals surface area contributed by atoms with Crippen LogP contribution in [-0.2, 0) is 23.9 Å². The van der Waals surface area contributed by atoms with Crippen molar-refractivity contribution in [3.8, 4) is 0 Å². The Morgan fingerprint density at radius 3 is 2.42 bits per heavy atom. The maximum atomic E-state index is 11.6. The SMILES string of the molecule is CCCC1OC(=O)CCCCC(=O)OC1(C)C(=O)O. The molecular weight excluding hydrogens is 252 g/mol. The Hall–Kier alpha value is -1.59. The van der Waals surface area contributed by atoms with Crippen LogP contribution in [-0.4, -0.2) is 34.7 Å². The third kappa shape index (κ3) is 3.94. The van der Waals surface area contributed by atoms with E-state index in [1.165, 1.54) is 6.92 Å². The first-order chi connectivity index (χ1) is 8.90. The maximum absolute atomic E-state index is 11.6. The number of ether oxygens (including phenoxy) is 2. The Morgan fingerprint density at radius 1 is 1.32 bits per heavy atom. The smallest absolute Gasteiger partial charge is 0.351 e. The van der Waals surface area contributed by atoms with E-state index in [2.05, 4.69) is 0 Å². The number of hydrogen-bond acceptors (Lipinski definition) is 5. The molecule has 1 aliphatic rings. The molecule has 0 aromatic heterocycles. The van der Waals surface area contributed by atoms with Crippen LogP contribution in [0.25, 0.3) is 0 Å². The molecule has 1 saturated heterocycles. The number of carboxylic acid groups (broad SMARTS) is 1. The van der Waals surface area contributed by atoms with Gasteiger partial charge in [-0.15, -0.1) is 0 Å². The van der Waals surface area contributed by atoms with Crippen molar-refractivity contribution in [1.29, 1.82) is 0 Å². The molecule has 0 spiro atoms. The largest absolute Gasteiger partial charge is 0.478 e. The van der Waals surface area contributed by atoms with Gasteiger partial charge in [0.25, 0.3) is 0 Å². The normalized spacial score (nSPS) is 29.3. The van der Waals surface area contributed by atoms with E-state index in [1.807, 2.05) is 6.92 Å². The topological polar surface area (TPSA) is 89.9 Å². The lowest BCUT2D eigenvalue weighted by molar-refractivity contribution is -0.199. The Kier molecular flexibility index (Phi) is 5.32. The van der Waals surface area contributed by atoms with Crippen LogP contribution in [0, 0.1) is 0 Å². The van der Waals surface area contributed by atoms with E-state index in [0.29, 0.717) is 25.7 Å². The van der Waals surface area contributed by atoms with Gasteiger partial charge in [-0.25, -0.2) is 4.79 Å². The van der Waals surface area contributed by atoms with Gasteiger partial charge in [0.1, 0.15) is 0 Å². The van der Waals surface area contributed by atoms with Crippen molar-refractivity contribution in [3.05, 3.63) is 0 Å². The lowest BCUT2D eigenvalue weighted by Crippen LogP contribution is -2.52. The van der Waals surface area contributed by atoms with Gasteiger partial charge in [0.15, 0.2) is 6.10 Å². The van der Waals surface area contributed by atoms with Gasteiger partial charge in [0, 0.05) is 12.8 Å². The van der Waals surface area contributed by atoms with Crippen LogP contribution in [0.15, 0.2) is 0 Å². The molecule has 108 valence electrons. The van der Waals surface area contributed by atoms with Crippen LogP contribution in [0.3, 0.4) is 0 Å². The number of carbonyl (C=O) groups excluding carboxylic acids is 2. The second-order valence-corrected chi connectivity index (χ2v) is 4.86. The highest BCUT2D eigenvalue weighted by Crippen LogP contribution is 2.26. The highest BCUT2D eigenvalue weighted by molar-refractivity contribution is 5.83. The van der Waals surface area contributed by atoms with Gasteiger partial charge in [-0.05, 0) is 26.2 Å². The van der Waals surface area contributed by atoms with Gasteiger partial charge >= 0.3 is 17.9 Å². The Morgan fingerprint density at radius 2 is 1.89 bits per heavy atom. The van der Waals surface area contributed by atoms with Crippen molar-refractivity contribution in [1.82, 2.24) is 0 Å². The summed E-state index contributed by atoms with van der Waals surface area (Å²) in [5, 5.41) is 9.31. The molecule has 1 aliphatic heterocycles. The maximum Gasteiger partial charge on any atom is 0.351 e. The molecular formula is C13H20O6. The first-order valence-corrected chi connectivity index (χ1v) is 6.55. The molecule has 2 unspecified atom stereocenters. The second-order valence-electron chi connectivity index (χ2n) is 4.86. The Labute approximate surface area is 112 Å². The minimum absolute atomic E-state index is 0.120. The van der Waals surface area contributed by atoms with Crippen LogP contribution in [0.4, 0.5) is 0 Å². The second kappa shape index (κ2) is 6.54. The summed E-state index contributed by atoms with van der Waals surface area (Å²) in [6.45, 7) is 3.12. The monoisotopic (exact) mass is 272 g/mol. The van der Waals surface area contributed by atoms with E-state index in [1.54, 1.807) is 0 Å². The summed E-state index contributed by atoms with van der Waals surface area (Å²) in [4.78, 5) is 34.7. The van der Waals surface area contributed by atoms with Crippen LogP contribution in [0.5, 0.6) is 0 Å². The molecule has 0 bridgehead atoms. The molecule has 0 aliphatic carbocycles. The van der Waals surface area contributed by atoms with Crippen molar-refractivity contribution in [3.63, 3.8) is 0 Å². The summed E-state index contributed by atoms with van der Waals surface area (Å²) in [6, 6.07) is 0. The Balaban J connectivity index is 3.02. The van der Waals surface area contributed by atoms with Crippen molar-refractivity contribution in [2.24, 2.45) is 0 Å². The minimum Gasteiger partial charge on any atom is -0.478 e. The predicted octanol–water partition coefficient (Wildman–Crippen LogP) is 1.66. The molecule has 0 aromatic rings. The lowest BCUT2D eigenvalue weighted by atomic mass is 9.94. The number of esters is 2. The molecule has 0 radical (unpaired) electrons. The minimum atomic E-state index is -1.82. The van der Waals surface area contributed by atoms with Crippen molar-refractivity contribution in [2.45, 2.75) is 64.1 Å². The Bertz CT molecular complexity index is 364. The van der Waals surface area contributed by atoms with E-state index in [9.17, 15) is 19.5 Å². The van der Waals surface area contributed by atoms with E-state index in [-0.39, 0.29) is 12.8 Å². The fraction of sp³-hybridized carbons (Fsp3) is 0.769. The van der Waals surface area contributed by atoms with Crippen molar-refractivity contribution >= 4 is 17.9 Å². The molecule has 1 heterocycles. The van der Waals surface area contributed by atoms with Gasteiger partial charge < -0.3 is 14.6 Å². The van der Waals surface area contributed by atoms with E-state index in [4.69, 9.17) is 9.47 Å². The molecule has 19 heavy (non-hydrogen) atoms. The van der Waals surface area contributed by atoms with Crippen molar-refractivity contribution < 1.29 is 29.0 Å². The molecule has 1 N–H and O–H groups in total. The molecule has 0 aromatic carbocycles. The van der Waals surface area contributed by atoms with Crippen LogP contribution in [0.2, 0.25) is 0 Å². The van der Waals surface area contributed by atoms with Crippen LogP contribution in [0.1, 0.15) is 52.4 Å². The zero-order valence-corrected chi connectivity index (χ0v) is 11.3. The van der Waals surface area contributed by atoms with Gasteiger partial charge in [-0.3, -0.25) is 9.59 Å². The first-order valence-electron chi connectivity index (χ1n) is 6.55. The quantitative estimate of drug-likeness (QED) is 0.786. The van der Waals surface area contributed by atoms with E-state index >= 15 is 0 Å². The fourth-order valence-electron chi connectivity index (χ4n) is 2.00. The third-order valence-electron chi connectivity index (χ3n) is 3.20. The number of rotatable bonds is 3. The van der Waals surface area contributed by atoms with Gasteiger partial charge in [-0.2, -0.15) is 0 Å². The average Bonchev–Trinajstić information content (AvgIpc) is 2.33. The number of cyclic esters (lactones) is 2. The number of carboxylic acids is 1. The van der Waals surface area contributed by atoms with E-state index < -0.39 is 29.6 Å². The van der Waals surface area contributed by atoms with Crippen molar-refractivity contribution in [2.75, 3.05) is 0 Å². The average molecular weight is 272 g/mol. The summed E-state index contributed by atoms with van der Waals surface area (Å²) in [5.41, 5.74) is -1.82. The van der Waals surface area contributed by atoms with Gasteiger partial charge in [0.05, 0.1) is 0 Å². The first kappa shape index (κ1) is 15.5.